The highest BCUT2D eigenvalue weighted by atomic mass is 32.2. The Hall–Kier alpha value is -1.89. The number of amides is 1. The third-order valence-corrected chi connectivity index (χ3v) is 6.86. The minimum absolute atomic E-state index is 0.0270. The fourth-order valence-electron chi connectivity index (χ4n) is 3.26. The molecule has 148 valence electrons. The standard InChI is InChI=1S/C22H27N3OS2/c1-5-24(6-2)13-14-25(21(26)17-10-8-11-18(15-17)27-4)22-23-20-16(3)9-7-12-19(20)28-22/h7-12,15H,5-6,13-14H2,1-4H3/p+1. The normalized spacial score (nSPS) is 11.3. The predicted octanol–water partition coefficient (Wildman–Crippen LogP) is 3.90. The van der Waals surface area contributed by atoms with Crippen molar-refractivity contribution in [3.63, 3.8) is 0 Å². The monoisotopic (exact) mass is 414 g/mol. The Kier molecular flexibility index (Phi) is 7.10. The predicted molar refractivity (Wildman–Crippen MR) is 121 cm³/mol. The first-order valence-corrected chi connectivity index (χ1v) is 11.8. The lowest BCUT2D eigenvalue weighted by molar-refractivity contribution is -0.894. The number of carbonyl (C=O) groups is 1. The fraction of sp³-hybridized carbons (Fsp3) is 0.364. The van der Waals surface area contributed by atoms with E-state index in [1.807, 2.05) is 41.5 Å². The molecule has 1 heterocycles. The zero-order valence-electron chi connectivity index (χ0n) is 17.0. The second-order valence-electron chi connectivity index (χ2n) is 6.81. The highest BCUT2D eigenvalue weighted by Crippen LogP contribution is 2.31. The maximum absolute atomic E-state index is 13.4. The van der Waals surface area contributed by atoms with Crippen LogP contribution in [0.4, 0.5) is 5.13 Å². The molecule has 3 aromatic rings. The Bertz CT molecular complexity index is 950. The van der Waals surface area contributed by atoms with Gasteiger partial charge in [-0.15, -0.1) is 11.8 Å². The molecule has 0 atom stereocenters. The van der Waals surface area contributed by atoms with E-state index in [0.717, 1.165) is 51.0 Å². The molecule has 4 nitrogen and oxygen atoms in total. The maximum atomic E-state index is 13.4. The number of thioether (sulfide) groups is 1. The van der Waals surface area contributed by atoms with Crippen LogP contribution in [-0.4, -0.2) is 43.3 Å². The summed E-state index contributed by atoms with van der Waals surface area (Å²) in [5.74, 6) is 0.0270. The highest BCUT2D eigenvalue weighted by molar-refractivity contribution is 7.98. The lowest BCUT2D eigenvalue weighted by atomic mass is 10.2. The quantitative estimate of drug-likeness (QED) is 0.568. The molecule has 0 aliphatic carbocycles. The molecule has 0 fully saturated rings. The number of hydrogen-bond acceptors (Lipinski definition) is 4. The molecule has 0 spiro atoms. The van der Waals surface area contributed by atoms with Crippen LogP contribution < -0.4 is 9.80 Å². The van der Waals surface area contributed by atoms with Gasteiger partial charge in [-0.2, -0.15) is 0 Å². The molecule has 0 bridgehead atoms. The fourth-order valence-corrected chi connectivity index (χ4v) is 4.79. The number of benzene rings is 2. The molecule has 28 heavy (non-hydrogen) atoms. The maximum Gasteiger partial charge on any atom is 0.260 e. The van der Waals surface area contributed by atoms with E-state index >= 15 is 0 Å². The summed E-state index contributed by atoms with van der Waals surface area (Å²) < 4.78 is 1.13. The smallest absolute Gasteiger partial charge is 0.260 e. The molecular weight excluding hydrogens is 386 g/mol. The number of aromatic nitrogens is 1. The number of quaternary nitrogens is 1. The van der Waals surface area contributed by atoms with Gasteiger partial charge in [0.05, 0.1) is 36.4 Å². The van der Waals surface area contributed by atoms with Crippen LogP contribution in [0.15, 0.2) is 47.4 Å². The van der Waals surface area contributed by atoms with Crippen LogP contribution in [0.5, 0.6) is 0 Å². The summed E-state index contributed by atoms with van der Waals surface area (Å²) in [5.41, 5.74) is 2.86. The van der Waals surface area contributed by atoms with E-state index in [2.05, 4.69) is 32.9 Å². The van der Waals surface area contributed by atoms with Gasteiger partial charge >= 0.3 is 0 Å². The first kappa shape index (κ1) is 20.8. The van der Waals surface area contributed by atoms with Gasteiger partial charge < -0.3 is 4.90 Å². The Labute approximate surface area is 175 Å². The van der Waals surface area contributed by atoms with Crippen LogP contribution in [0.2, 0.25) is 0 Å². The topological polar surface area (TPSA) is 37.6 Å². The van der Waals surface area contributed by atoms with Gasteiger partial charge in [0, 0.05) is 10.5 Å². The van der Waals surface area contributed by atoms with Crippen molar-refractivity contribution in [2.75, 3.05) is 37.3 Å². The molecule has 1 aromatic heterocycles. The van der Waals surface area contributed by atoms with E-state index in [1.54, 1.807) is 23.1 Å². The number of rotatable bonds is 8. The minimum Gasteiger partial charge on any atom is -0.334 e. The average molecular weight is 415 g/mol. The van der Waals surface area contributed by atoms with Crippen LogP contribution in [0.25, 0.3) is 10.2 Å². The van der Waals surface area contributed by atoms with Crippen molar-refractivity contribution < 1.29 is 9.69 Å². The molecule has 6 heteroatoms. The Morgan fingerprint density at radius 1 is 1.18 bits per heavy atom. The summed E-state index contributed by atoms with van der Waals surface area (Å²) in [6.07, 6.45) is 2.03. The molecule has 0 aliphatic rings. The summed E-state index contributed by atoms with van der Waals surface area (Å²) in [4.78, 5) is 22.7. The van der Waals surface area contributed by atoms with Gasteiger partial charge in [0.2, 0.25) is 0 Å². The van der Waals surface area contributed by atoms with Crippen molar-refractivity contribution >= 4 is 44.4 Å². The van der Waals surface area contributed by atoms with Crippen LogP contribution in [0, 0.1) is 6.92 Å². The largest absolute Gasteiger partial charge is 0.334 e. The van der Waals surface area contributed by atoms with E-state index in [4.69, 9.17) is 4.98 Å². The number of fused-ring (bicyclic) bond motifs is 1. The van der Waals surface area contributed by atoms with E-state index < -0.39 is 0 Å². The number of aryl methyl sites for hydroxylation is 1. The molecule has 0 saturated carbocycles. The van der Waals surface area contributed by atoms with Crippen molar-refractivity contribution in [3.05, 3.63) is 53.6 Å². The number of anilines is 1. The molecule has 2 aromatic carbocycles. The molecule has 1 N–H and O–H groups in total. The second-order valence-corrected chi connectivity index (χ2v) is 8.70. The van der Waals surface area contributed by atoms with Gasteiger partial charge in [-0.1, -0.05) is 29.5 Å². The summed E-state index contributed by atoms with van der Waals surface area (Å²) in [5, 5.41) is 0.787. The second kappa shape index (κ2) is 9.54. The van der Waals surface area contributed by atoms with E-state index in [0.29, 0.717) is 6.54 Å². The van der Waals surface area contributed by atoms with Gasteiger partial charge in [-0.3, -0.25) is 9.69 Å². The zero-order valence-corrected chi connectivity index (χ0v) is 18.6. The highest BCUT2D eigenvalue weighted by Gasteiger charge is 2.23. The first-order chi connectivity index (χ1) is 13.6. The Balaban J connectivity index is 1.97. The van der Waals surface area contributed by atoms with Crippen molar-refractivity contribution in [2.24, 2.45) is 0 Å². The number of nitrogens with one attached hydrogen (secondary N) is 1. The van der Waals surface area contributed by atoms with Crippen LogP contribution in [-0.2, 0) is 0 Å². The van der Waals surface area contributed by atoms with Gasteiger partial charge in [-0.05, 0) is 56.9 Å². The van der Waals surface area contributed by atoms with E-state index in [-0.39, 0.29) is 5.91 Å². The number of likely N-dealkylation sites (N-methyl/N-ethyl adjacent to an activating group) is 1. The lowest BCUT2D eigenvalue weighted by Crippen LogP contribution is -3.12. The lowest BCUT2D eigenvalue weighted by Gasteiger charge is -2.23. The molecule has 3 rings (SSSR count). The SMILES string of the molecule is CC[NH+](CC)CCN(C(=O)c1cccc(SC)c1)c1nc2c(C)cccc2s1. The third-order valence-electron chi connectivity index (χ3n) is 5.09. The Morgan fingerprint density at radius 2 is 1.93 bits per heavy atom. The minimum atomic E-state index is 0.0270. The Morgan fingerprint density at radius 3 is 2.61 bits per heavy atom. The number of carbonyl (C=O) groups excluding carboxylic acids is 1. The molecular formula is C22H28N3OS2+. The van der Waals surface area contributed by atoms with Crippen LogP contribution in [0.3, 0.4) is 0 Å². The number of nitrogens with zero attached hydrogens (tertiary/aromatic N) is 2. The number of hydrogen-bond donors (Lipinski definition) is 1. The molecule has 1 amide bonds. The van der Waals surface area contributed by atoms with Crippen LogP contribution >= 0.6 is 23.1 Å². The average Bonchev–Trinajstić information content (AvgIpc) is 3.16. The van der Waals surface area contributed by atoms with Crippen molar-refractivity contribution in [3.8, 4) is 0 Å². The number of para-hydroxylation sites is 1. The molecule has 0 radical (unpaired) electrons. The zero-order chi connectivity index (χ0) is 20.1. The van der Waals surface area contributed by atoms with Gasteiger partial charge in [0.15, 0.2) is 5.13 Å². The summed E-state index contributed by atoms with van der Waals surface area (Å²) in [6.45, 7) is 10.1. The van der Waals surface area contributed by atoms with Crippen molar-refractivity contribution in [2.45, 2.75) is 25.7 Å². The first-order valence-electron chi connectivity index (χ1n) is 9.73. The number of thiazole rings is 1. The molecule has 0 aliphatic heterocycles. The third kappa shape index (κ3) is 4.57. The summed E-state index contributed by atoms with van der Waals surface area (Å²) in [6, 6.07) is 14.1. The van der Waals surface area contributed by atoms with E-state index in [1.165, 1.54) is 4.90 Å². The van der Waals surface area contributed by atoms with E-state index in [9.17, 15) is 4.79 Å². The van der Waals surface area contributed by atoms with Gasteiger partial charge in [0.1, 0.15) is 0 Å². The van der Waals surface area contributed by atoms with Crippen molar-refractivity contribution in [1.29, 1.82) is 0 Å². The van der Waals surface area contributed by atoms with Gasteiger partial charge in [-0.25, -0.2) is 4.98 Å². The van der Waals surface area contributed by atoms with Crippen LogP contribution in [0.1, 0.15) is 29.8 Å². The summed E-state index contributed by atoms with van der Waals surface area (Å²) in [7, 11) is 0. The van der Waals surface area contributed by atoms with Crippen molar-refractivity contribution in [1.82, 2.24) is 4.98 Å². The summed E-state index contributed by atoms with van der Waals surface area (Å²) >= 11 is 3.25. The molecule has 0 unspecified atom stereocenters. The molecule has 0 saturated heterocycles. The van der Waals surface area contributed by atoms with Gasteiger partial charge in [0.25, 0.3) is 5.91 Å².